The van der Waals surface area contributed by atoms with E-state index >= 15 is 0 Å². The zero-order chi connectivity index (χ0) is 16.7. The van der Waals surface area contributed by atoms with Crippen molar-refractivity contribution in [1.29, 1.82) is 0 Å². The van der Waals surface area contributed by atoms with Crippen molar-refractivity contribution in [2.45, 2.75) is 19.5 Å². The zero-order valence-electron chi connectivity index (χ0n) is 13.0. The Morgan fingerprint density at radius 1 is 0.818 bits per heavy atom. The molecule has 0 atom stereocenters. The van der Waals surface area contributed by atoms with Crippen LogP contribution in [0.1, 0.15) is 13.3 Å². The van der Waals surface area contributed by atoms with E-state index in [-0.39, 0.29) is 13.2 Å². The Morgan fingerprint density at radius 2 is 1.23 bits per heavy atom. The highest BCUT2D eigenvalue weighted by atomic mass is 19.4. The minimum absolute atomic E-state index is 0.0548. The average molecular weight is 329 g/mol. The molecule has 0 unspecified atom stereocenters. The second kappa shape index (κ2) is 13.8. The maximum absolute atomic E-state index is 12.1. The van der Waals surface area contributed by atoms with Crippen LogP contribution in [0.3, 0.4) is 0 Å². The van der Waals surface area contributed by atoms with Crippen LogP contribution >= 0.6 is 0 Å². The highest BCUT2D eigenvalue weighted by Crippen LogP contribution is 2.21. The highest BCUT2D eigenvalue weighted by Gasteiger charge is 2.31. The summed E-state index contributed by atoms with van der Waals surface area (Å²) in [5.74, 6) is 0. The van der Waals surface area contributed by atoms with Crippen molar-refractivity contribution < 1.29 is 32.1 Å². The standard InChI is InChI=1S/C14H26F3NO4/c1-3-5-19-7-9-21-11-12-22-10-8-20-6-4-18-13(2)14(15,16)17/h18H,2-12H2,1H3. The molecule has 0 saturated carbocycles. The van der Waals surface area contributed by atoms with Crippen LogP contribution in [0.25, 0.3) is 0 Å². The molecule has 22 heavy (non-hydrogen) atoms. The molecular formula is C14H26F3NO4. The Kier molecular flexibility index (Phi) is 13.3. The van der Waals surface area contributed by atoms with Crippen LogP contribution in [0.2, 0.25) is 0 Å². The quantitative estimate of drug-likeness (QED) is 0.467. The van der Waals surface area contributed by atoms with Gasteiger partial charge >= 0.3 is 6.18 Å². The summed E-state index contributed by atoms with van der Waals surface area (Å²) in [6, 6.07) is 0. The van der Waals surface area contributed by atoms with E-state index in [1.54, 1.807) is 0 Å². The molecule has 8 heteroatoms. The van der Waals surface area contributed by atoms with Crippen molar-refractivity contribution >= 4 is 0 Å². The van der Waals surface area contributed by atoms with Gasteiger partial charge < -0.3 is 24.3 Å². The van der Waals surface area contributed by atoms with E-state index in [1.807, 2.05) is 6.92 Å². The molecule has 0 aliphatic heterocycles. The van der Waals surface area contributed by atoms with Gasteiger partial charge in [0.05, 0.1) is 46.2 Å². The molecule has 0 bridgehead atoms. The molecule has 132 valence electrons. The fourth-order valence-electron chi connectivity index (χ4n) is 1.28. The first kappa shape index (κ1) is 21.2. The maximum Gasteiger partial charge on any atom is 0.430 e. The molecule has 0 spiro atoms. The van der Waals surface area contributed by atoms with Crippen LogP contribution in [0.5, 0.6) is 0 Å². The van der Waals surface area contributed by atoms with E-state index in [0.717, 1.165) is 13.0 Å². The summed E-state index contributed by atoms with van der Waals surface area (Å²) in [6.45, 7) is 8.60. The third-order valence-corrected chi connectivity index (χ3v) is 2.39. The van der Waals surface area contributed by atoms with E-state index in [9.17, 15) is 13.2 Å². The van der Waals surface area contributed by atoms with Crippen molar-refractivity contribution in [1.82, 2.24) is 5.32 Å². The molecule has 0 aromatic carbocycles. The highest BCUT2D eigenvalue weighted by molar-refractivity contribution is 4.98. The van der Waals surface area contributed by atoms with Crippen molar-refractivity contribution in [3.63, 3.8) is 0 Å². The Labute approximate surface area is 129 Å². The van der Waals surface area contributed by atoms with Gasteiger partial charge in [-0.15, -0.1) is 0 Å². The van der Waals surface area contributed by atoms with Gasteiger partial charge in [0.2, 0.25) is 0 Å². The molecule has 0 amide bonds. The molecule has 0 fully saturated rings. The van der Waals surface area contributed by atoms with Gasteiger partial charge in [-0.3, -0.25) is 0 Å². The van der Waals surface area contributed by atoms with Gasteiger partial charge in [-0.05, 0) is 6.42 Å². The third kappa shape index (κ3) is 14.1. The minimum Gasteiger partial charge on any atom is -0.379 e. The molecule has 0 rings (SSSR count). The first-order valence-corrected chi connectivity index (χ1v) is 7.29. The lowest BCUT2D eigenvalue weighted by molar-refractivity contribution is -0.0967. The van der Waals surface area contributed by atoms with Crippen LogP contribution < -0.4 is 5.32 Å². The van der Waals surface area contributed by atoms with Gasteiger partial charge in [0.1, 0.15) is 5.70 Å². The normalized spacial score (nSPS) is 11.6. The van der Waals surface area contributed by atoms with Crippen LogP contribution in [-0.4, -0.2) is 65.6 Å². The first-order chi connectivity index (χ1) is 10.5. The number of nitrogens with one attached hydrogen (secondary N) is 1. The predicted molar refractivity (Wildman–Crippen MR) is 76.8 cm³/mol. The van der Waals surface area contributed by atoms with Gasteiger partial charge in [0.25, 0.3) is 0 Å². The van der Waals surface area contributed by atoms with E-state index in [4.69, 9.17) is 18.9 Å². The van der Waals surface area contributed by atoms with E-state index in [0.29, 0.717) is 39.6 Å². The van der Waals surface area contributed by atoms with Gasteiger partial charge in [0.15, 0.2) is 0 Å². The molecule has 0 saturated heterocycles. The largest absolute Gasteiger partial charge is 0.430 e. The molecule has 0 aromatic rings. The van der Waals surface area contributed by atoms with Gasteiger partial charge in [-0.25, -0.2) is 0 Å². The van der Waals surface area contributed by atoms with Crippen LogP contribution in [-0.2, 0) is 18.9 Å². The second-order valence-corrected chi connectivity index (χ2v) is 4.35. The predicted octanol–water partition coefficient (Wildman–Crippen LogP) is 2.13. The molecule has 0 radical (unpaired) electrons. The number of alkyl halides is 3. The molecule has 1 N–H and O–H groups in total. The summed E-state index contributed by atoms with van der Waals surface area (Å²) in [6.07, 6.45) is -3.42. The summed E-state index contributed by atoms with van der Waals surface area (Å²) >= 11 is 0. The van der Waals surface area contributed by atoms with Crippen LogP contribution in [0.4, 0.5) is 13.2 Å². The van der Waals surface area contributed by atoms with Crippen LogP contribution in [0.15, 0.2) is 12.3 Å². The number of allylic oxidation sites excluding steroid dienone is 1. The Balaban J connectivity index is 3.13. The summed E-state index contributed by atoms with van der Waals surface area (Å²) in [4.78, 5) is 0. The fourth-order valence-corrected chi connectivity index (χ4v) is 1.28. The van der Waals surface area contributed by atoms with Crippen molar-refractivity contribution in [2.75, 3.05) is 59.4 Å². The molecule has 0 aliphatic carbocycles. The van der Waals surface area contributed by atoms with E-state index in [1.165, 1.54) is 0 Å². The summed E-state index contributed by atoms with van der Waals surface area (Å²) < 4.78 is 57.1. The van der Waals surface area contributed by atoms with Gasteiger partial charge in [-0.1, -0.05) is 13.5 Å². The first-order valence-electron chi connectivity index (χ1n) is 7.29. The Bertz CT molecular complexity index is 275. The number of ether oxygens (including phenoxy) is 4. The smallest absolute Gasteiger partial charge is 0.379 e. The van der Waals surface area contributed by atoms with Crippen LogP contribution in [0, 0.1) is 0 Å². The lowest BCUT2D eigenvalue weighted by Crippen LogP contribution is -2.28. The van der Waals surface area contributed by atoms with E-state index < -0.39 is 11.9 Å². The fraction of sp³-hybridized carbons (Fsp3) is 0.857. The average Bonchev–Trinajstić information content (AvgIpc) is 2.46. The lowest BCUT2D eigenvalue weighted by Gasteiger charge is -2.12. The topological polar surface area (TPSA) is 49.0 Å². The van der Waals surface area contributed by atoms with Crippen molar-refractivity contribution in [2.24, 2.45) is 0 Å². The number of halogens is 3. The van der Waals surface area contributed by atoms with Gasteiger partial charge in [-0.2, -0.15) is 13.2 Å². The molecular weight excluding hydrogens is 303 g/mol. The monoisotopic (exact) mass is 329 g/mol. The number of hydrogen-bond acceptors (Lipinski definition) is 5. The summed E-state index contributed by atoms with van der Waals surface area (Å²) in [5.41, 5.74) is -0.965. The summed E-state index contributed by atoms with van der Waals surface area (Å²) in [5, 5.41) is 2.15. The Morgan fingerprint density at radius 3 is 1.64 bits per heavy atom. The maximum atomic E-state index is 12.1. The molecule has 0 aliphatic rings. The second-order valence-electron chi connectivity index (χ2n) is 4.35. The summed E-state index contributed by atoms with van der Waals surface area (Å²) in [7, 11) is 0. The molecule has 0 aromatic heterocycles. The SMILES string of the molecule is C=C(NCCOCCOCCOCCOCCC)C(F)(F)F. The third-order valence-electron chi connectivity index (χ3n) is 2.39. The molecule has 5 nitrogen and oxygen atoms in total. The Hall–Kier alpha value is -0.830. The number of hydrogen-bond donors (Lipinski definition) is 1. The minimum atomic E-state index is -4.41. The van der Waals surface area contributed by atoms with Crippen molar-refractivity contribution in [3.05, 3.63) is 12.3 Å². The zero-order valence-corrected chi connectivity index (χ0v) is 13.0. The number of rotatable bonds is 15. The van der Waals surface area contributed by atoms with E-state index in [2.05, 4.69) is 11.9 Å². The van der Waals surface area contributed by atoms with Gasteiger partial charge in [0, 0.05) is 13.2 Å². The molecule has 0 heterocycles. The van der Waals surface area contributed by atoms with Crippen molar-refractivity contribution in [3.8, 4) is 0 Å². The lowest BCUT2D eigenvalue weighted by atomic mass is 10.4.